The summed E-state index contributed by atoms with van der Waals surface area (Å²) in [6, 6.07) is 6.52. The Hall–Kier alpha value is -1.02. The second kappa shape index (κ2) is 5.01. The summed E-state index contributed by atoms with van der Waals surface area (Å²) in [5.41, 5.74) is 8.26. The van der Waals surface area contributed by atoms with Crippen LogP contribution in [0.4, 0.5) is 0 Å². The van der Waals surface area contributed by atoms with Gasteiger partial charge in [0.25, 0.3) is 0 Å². The Kier molecular flexibility index (Phi) is 3.96. The van der Waals surface area contributed by atoms with Crippen LogP contribution >= 0.6 is 0 Å². The van der Waals surface area contributed by atoms with Crippen LogP contribution in [0.25, 0.3) is 0 Å². The van der Waals surface area contributed by atoms with Gasteiger partial charge in [0.1, 0.15) is 5.75 Å². The summed E-state index contributed by atoms with van der Waals surface area (Å²) in [5.74, 6) is 0.960. The largest absolute Gasteiger partial charge is 0.496 e. The molecule has 0 bridgehead atoms. The third-order valence-corrected chi connectivity index (χ3v) is 2.30. The van der Waals surface area contributed by atoms with Crippen molar-refractivity contribution in [2.24, 2.45) is 5.73 Å². The van der Waals surface area contributed by atoms with Crippen LogP contribution in [0, 0.1) is 0 Å². The van der Waals surface area contributed by atoms with Crippen molar-refractivity contribution in [2.45, 2.75) is 32.7 Å². The number of benzene rings is 1. The summed E-state index contributed by atoms with van der Waals surface area (Å²) in [7, 11) is 1.71. The Bertz CT molecular complexity index is 294. The van der Waals surface area contributed by atoms with Gasteiger partial charge in [-0.3, -0.25) is 0 Å². The van der Waals surface area contributed by atoms with E-state index in [-0.39, 0.29) is 6.04 Å². The first-order valence-electron chi connectivity index (χ1n) is 5.08. The van der Waals surface area contributed by atoms with Gasteiger partial charge < -0.3 is 10.5 Å². The first-order valence-corrected chi connectivity index (χ1v) is 5.08. The van der Waals surface area contributed by atoms with Crippen molar-refractivity contribution < 1.29 is 4.74 Å². The third-order valence-electron chi connectivity index (χ3n) is 2.30. The molecule has 1 aromatic rings. The summed E-state index contributed by atoms with van der Waals surface area (Å²) in [6.07, 6.45) is 1.90. The van der Waals surface area contributed by atoms with Crippen LogP contribution < -0.4 is 10.5 Å². The number of ether oxygens (including phenoxy) is 1. The van der Waals surface area contributed by atoms with E-state index in [0.29, 0.717) is 0 Å². The second-order valence-electron chi connectivity index (χ2n) is 3.68. The molecule has 2 heteroatoms. The Balaban J connectivity index is 2.93. The second-order valence-corrected chi connectivity index (χ2v) is 3.68. The van der Waals surface area contributed by atoms with Gasteiger partial charge in [-0.1, -0.05) is 19.1 Å². The number of nitrogens with two attached hydrogens (primary N) is 1. The Labute approximate surface area is 86.1 Å². The van der Waals surface area contributed by atoms with Crippen LogP contribution in [-0.2, 0) is 12.8 Å². The number of methoxy groups -OCH3 is 1. The van der Waals surface area contributed by atoms with Gasteiger partial charge in [-0.2, -0.15) is 0 Å². The topological polar surface area (TPSA) is 35.2 Å². The van der Waals surface area contributed by atoms with Gasteiger partial charge in [0.05, 0.1) is 7.11 Å². The fourth-order valence-electron chi connectivity index (χ4n) is 1.52. The minimum absolute atomic E-state index is 0.177. The Morgan fingerprint density at radius 2 is 2.14 bits per heavy atom. The van der Waals surface area contributed by atoms with Crippen molar-refractivity contribution in [2.75, 3.05) is 7.11 Å². The smallest absolute Gasteiger partial charge is 0.122 e. The van der Waals surface area contributed by atoms with E-state index in [1.54, 1.807) is 7.11 Å². The van der Waals surface area contributed by atoms with Crippen LogP contribution in [0.1, 0.15) is 25.0 Å². The van der Waals surface area contributed by atoms with E-state index >= 15 is 0 Å². The van der Waals surface area contributed by atoms with Gasteiger partial charge in [0.15, 0.2) is 0 Å². The Morgan fingerprint density at radius 3 is 2.64 bits per heavy atom. The zero-order chi connectivity index (χ0) is 10.6. The summed E-state index contributed by atoms with van der Waals surface area (Å²) < 4.78 is 5.33. The lowest BCUT2D eigenvalue weighted by atomic mass is 10.0. The minimum atomic E-state index is 0.177. The molecule has 0 aliphatic heterocycles. The highest BCUT2D eigenvalue weighted by Gasteiger charge is 2.05. The molecule has 0 heterocycles. The van der Waals surface area contributed by atoms with Crippen molar-refractivity contribution in [3.05, 3.63) is 29.3 Å². The van der Waals surface area contributed by atoms with Crippen molar-refractivity contribution in [3.8, 4) is 5.75 Å². The molecule has 0 spiro atoms. The highest BCUT2D eigenvalue weighted by molar-refractivity contribution is 5.38. The molecule has 2 nitrogen and oxygen atoms in total. The predicted octanol–water partition coefficient (Wildman–Crippen LogP) is 2.15. The van der Waals surface area contributed by atoms with Gasteiger partial charge >= 0.3 is 0 Å². The molecule has 0 saturated heterocycles. The molecule has 1 aromatic carbocycles. The molecular formula is C12H19NO. The number of aryl methyl sites for hydroxylation is 1. The molecule has 0 aromatic heterocycles. The normalized spacial score (nSPS) is 12.6. The van der Waals surface area contributed by atoms with Gasteiger partial charge in [0, 0.05) is 6.04 Å². The average Bonchev–Trinajstić information content (AvgIpc) is 2.17. The van der Waals surface area contributed by atoms with Gasteiger partial charge in [-0.15, -0.1) is 0 Å². The van der Waals surface area contributed by atoms with E-state index in [1.165, 1.54) is 11.1 Å². The van der Waals surface area contributed by atoms with Crippen molar-refractivity contribution >= 4 is 0 Å². The van der Waals surface area contributed by atoms with Crippen molar-refractivity contribution in [3.63, 3.8) is 0 Å². The third kappa shape index (κ3) is 2.74. The lowest BCUT2D eigenvalue weighted by molar-refractivity contribution is 0.408. The summed E-state index contributed by atoms with van der Waals surface area (Å²) in [4.78, 5) is 0. The predicted molar refractivity (Wildman–Crippen MR) is 59.7 cm³/mol. The van der Waals surface area contributed by atoms with Crippen LogP contribution in [0.5, 0.6) is 5.75 Å². The van der Waals surface area contributed by atoms with Crippen molar-refractivity contribution in [1.29, 1.82) is 0 Å². The monoisotopic (exact) mass is 193 g/mol. The fourth-order valence-corrected chi connectivity index (χ4v) is 1.52. The zero-order valence-electron chi connectivity index (χ0n) is 9.21. The maximum Gasteiger partial charge on any atom is 0.122 e. The molecule has 1 rings (SSSR count). The molecule has 0 aliphatic carbocycles. The minimum Gasteiger partial charge on any atom is -0.496 e. The summed E-state index contributed by atoms with van der Waals surface area (Å²) in [6.45, 7) is 4.15. The van der Waals surface area contributed by atoms with Crippen LogP contribution in [0.2, 0.25) is 0 Å². The molecule has 0 saturated carbocycles. The quantitative estimate of drug-likeness (QED) is 0.795. The van der Waals surface area contributed by atoms with E-state index in [2.05, 4.69) is 25.1 Å². The first kappa shape index (κ1) is 11.1. The zero-order valence-corrected chi connectivity index (χ0v) is 9.21. The summed E-state index contributed by atoms with van der Waals surface area (Å²) >= 11 is 0. The number of hydrogen-bond acceptors (Lipinski definition) is 2. The van der Waals surface area contributed by atoms with Gasteiger partial charge in [-0.25, -0.2) is 0 Å². The van der Waals surface area contributed by atoms with E-state index in [4.69, 9.17) is 10.5 Å². The highest BCUT2D eigenvalue weighted by atomic mass is 16.5. The number of rotatable bonds is 4. The molecule has 1 unspecified atom stereocenters. The first-order chi connectivity index (χ1) is 6.67. The molecule has 0 aliphatic rings. The molecule has 78 valence electrons. The molecule has 0 radical (unpaired) electrons. The number of hydrogen-bond donors (Lipinski definition) is 1. The lowest BCUT2D eigenvalue weighted by Crippen LogP contribution is -2.18. The van der Waals surface area contributed by atoms with E-state index in [1.807, 2.05) is 6.92 Å². The molecule has 0 amide bonds. The standard InChI is InChI=1S/C12H19NO/c1-4-10-5-6-11(7-9(2)13)12(8-10)14-3/h5-6,8-9H,4,7,13H2,1-3H3. The van der Waals surface area contributed by atoms with Crippen LogP contribution in [-0.4, -0.2) is 13.2 Å². The van der Waals surface area contributed by atoms with Crippen LogP contribution in [0.15, 0.2) is 18.2 Å². The highest BCUT2D eigenvalue weighted by Crippen LogP contribution is 2.21. The van der Waals surface area contributed by atoms with E-state index in [9.17, 15) is 0 Å². The maximum absolute atomic E-state index is 5.76. The fraction of sp³-hybridized carbons (Fsp3) is 0.500. The lowest BCUT2D eigenvalue weighted by Gasteiger charge is -2.11. The summed E-state index contributed by atoms with van der Waals surface area (Å²) in [5, 5.41) is 0. The molecule has 1 atom stereocenters. The van der Waals surface area contributed by atoms with E-state index < -0.39 is 0 Å². The van der Waals surface area contributed by atoms with E-state index in [0.717, 1.165) is 18.6 Å². The molecular weight excluding hydrogens is 174 g/mol. The van der Waals surface area contributed by atoms with Gasteiger partial charge in [0.2, 0.25) is 0 Å². The molecule has 2 N–H and O–H groups in total. The maximum atomic E-state index is 5.76. The Morgan fingerprint density at radius 1 is 1.43 bits per heavy atom. The molecule has 14 heavy (non-hydrogen) atoms. The molecule has 0 fully saturated rings. The SMILES string of the molecule is CCc1ccc(CC(C)N)c(OC)c1. The average molecular weight is 193 g/mol. The van der Waals surface area contributed by atoms with Crippen molar-refractivity contribution in [1.82, 2.24) is 0 Å². The van der Waals surface area contributed by atoms with Crippen LogP contribution in [0.3, 0.4) is 0 Å². The van der Waals surface area contributed by atoms with Gasteiger partial charge in [-0.05, 0) is 37.0 Å².